The van der Waals surface area contributed by atoms with Crippen molar-refractivity contribution in [1.82, 2.24) is 24.6 Å². The van der Waals surface area contributed by atoms with E-state index in [9.17, 15) is 4.79 Å². The fourth-order valence-corrected chi connectivity index (χ4v) is 4.68. The van der Waals surface area contributed by atoms with Crippen LogP contribution in [0, 0.1) is 0 Å². The van der Waals surface area contributed by atoms with E-state index in [0.717, 1.165) is 45.6 Å². The lowest BCUT2D eigenvalue weighted by atomic mass is 9.96. The van der Waals surface area contributed by atoms with E-state index in [1.165, 1.54) is 0 Å². The molecule has 3 heterocycles. The molecule has 0 spiro atoms. The number of fused-ring (bicyclic) bond motifs is 1. The zero-order chi connectivity index (χ0) is 22.1. The molecule has 8 heteroatoms. The molecule has 32 heavy (non-hydrogen) atoms. The lowest BCUT2D eigenvalue weighted by Crippen LogP contribution is -2.31. The van der Waals surface area contributed by atoms with E-state index in [4.69, 9.17) is 4.74 Å². The van der Waals surface area contributed by atoms with Crippen molar-refractivity contribution in [2.75, 3.05) is 13.7 Å². The number of aromatic amines is 1. The van der Waals surface area contributed by atoms with Crippen LogP contribution < -0.4 is 4.74 Å². The summed E-state index contributed by atoms with van der Waals surface area (Å²) >= 11 is 3.58. The molecular formula is C24H22BrN5O2. The molecule has 0 radical (unpaired) electrons. The number of nitrogens with one attached hydrogen (secondary N) is 1. The molecule has 162 valence electrons. The van der Waals surface area contributed by atoms with Gasteiger partial charge in [-0.2, -0.15) is 5.10 Å². The highest BCUT2D eigenvalue weighted by Crippen LogP contribution is 2.43. The maximum absolute atomic E-state index is 13.4. The zero-order valence-corrected chi connectivity index (χ0v) is 19.1. The third-order valence-electron chi connectivity index (χ3n) is 5.77. The van der Waals surface area contributed by atoms with Crippen molar-refractivity contribution in [2.24, 2.45) is 0 Å². The van der Waals surface area contributed by atoms with Crippen LogP contribution in [-0.2, 0) is 6.54 Å². The number of carbonyl (C=O) groups is 1. The maximum Gasteiger partial charge on any atom is 0.273 e. The summed E-state index contributed by atoms with van der Waals surface area (Å²) in [6.45, 7) is 1.42. The number of rotatable bonds is 7. The van der Waals surface area contributed by atoms with Gasteiger partial charge >= 0.3 is 0 Å². The topological polar surface area (TPSA) is 76.0 Å². The van der Waals surface area contributed by atoms with Crippen molar-refractivity contribution < 1.29 is 9.53 Å². The zero-order valence-electron chi connectivity index (χ0n) is 17.5. The van der Waals surface area contributed by atoms with E-state index < -0.39 is 0 Å². The Labute approximate surface area is 194 Å². The summed E-state index contributed by atoms with van der Waals surface area (Å²) in [4.78, 5) is 19.4. The fraction of sp³-hybridized carbons (Fsp3) is 0.208. The molecule has 1 amide bonds. The van der Waals surface area contributed by atoms with Gasteiger partial charge in [-0.1, -0.05) is 28.1 Å². The van der Waals surface area contributed by atoms with Gasteiger partial charge in [0.2, 0.25) is 0 Å². The number of hydrogen-bond acceptors (Lipinski definition) is 4. The smallest absolute Gasteiger partial charge is 0.273 e. The molecule has 4 aromatic rings. The average molecular weight is 492 g/mol. The van der Waals surface area contributed by atoms with Crippen LogP contribution in [0.15, 0.2) is 71.7 Å². The number of nitrogens with zero attached hydrogens (tertiary/aromatic N) is 4. The van der Waals surface area contributed by atoms with Gasteiger partial charge in [-0.3, -0.25) is 9.89 Å². The molecule has 2 aromatic carbocycles. The van der Waals surface area contributed by atoms with E-state index in [1.54, 1.807) is 19.6 Å². The number of aryl methyl sites for hydroxylation is 1. The summed E-state index contributed by atoms with van der Waals surface area (Å²) in [6.07, 6.45) is 6.32. The van der Waals surface area contributed by atoms with Gasteiger partial charge in [0.25, 0.3) is 5.91 Å². The van der Waals surface area contributed by atoms with Crippen molar-refractivity contribution in [3.8, 4) is 17.0 Å². The maximum atomic E-state index is 13.4. The average Bonchev–Trinajstić information content (AvgIpc) is 3.53. The predicted octanol–water partition coefficient (Wildman–Crippen LogP) is 4.68. The van der Waals surface area contributed by atoms with Crippen LogP contribution in [0.1, 0.15) is 34.1 Å². The van der Waals surface area contributed by atoms with Gasteiger partial charge in [-0.25, -0.2) is 4.98 Å². The normalized spacial score (nSPS) is 15.2. The van der Waals surface area contributed by atoms with Crippen molar-refractivity contribution in [3.05, 3.63) is 88.5 Å². The van der Waals surface area contributed by atoms with E-state index in [2.05, 4.69) is 43.2 Å². The minimum absolute atomic E-state index is 0.0251. The summed E-state index contributed by atoms with van der Waals surface area (Å²) in [5.41, 5.74) is 4.25. The Morgan fingerprint density at radius 2 is 2.00 bits per heavy atom. The van der Waals surface area contributed by atoms with Gasteiger partial charge in [-0.15, -0.1) is 0 Å². The lowest BCUT2D eigenvalue weighted by Gasteiger charge is -2.26. The highest BCUT2D eigenvalue weighted by Gasteiger charge is 2.41. The second kappa shape index (κ2) is 8.63. The highest BCUT2D eigenvalue weighted by molar-refractivity contribution is 9.10. The molecule has 0 saturated heterocycles. The summed E-state index contributed by atoms with van der Waals surface area (Å²) in [5, 5.41) is 7.54. The van der Waals surface area contributed by atoms with Crippen LogP contribution >= 0.6 is 15.9 Å². The second-order valence-electron chi connectivity index (χ2n) is 7.70. The van der Waals surface area contributed by atoms with Gasteiger partial charge in [0.1, 0.15) is 11.4 Å². The van der Waals surface area contributed by atoms with Gasteiger partial charge in [0.15, 0.2) is 0 Å². The molecule has 5 rings (SSSR count). The monoisotopic (exact) mass is 491 g/mol. The largest absolute Gasteiger partial charge is 0.497 e. The number of methoxy groups -OCH3 is 1. The Morgan fingerprint density at radius 1 is 1.16 bits per heavy atom. The molecule has 0 saturated carbocycles. The Morgan fingerprint density at radius 3 is 2.72 bits per heavy atom. The Kier molecular flexibility index (Phi) is 5.53. The summed E-state index contributed by atoms with van der Waals surface area (Å²) < 4.78 is 8.29. The lowest BCUT2D eigenvalue weighted by molar-refractivity contribution is 0.0739. The Balaban J connectivity index is 1.52. The molecule has 0 aliphatic carbocycles. The summed E-state index contributed by atoms with van der Waals surface area (Å²) in [7, 11) is 1.64. The van der Waals surface area contributed by atoms with Gasteiger partial charge in [-0.05, 0) is 48.4 Å². The van der Waals surface area contributed by atoms with Crippen molar-refractivity contribution >= 4 is 21.8 Å². The van der Waals surface area contributed by atoms with E-state index >= 15 is 0 Å². The highest BCUT2D eigenvalue weighted by atomic mass is 79.9. The minimum atomic E-state index is -0.214. The molecule has 1 unspecified atom stereocenters. The molecule has 2 aromatic heterocycles. The number of amides is 1. The van der Waals surface area contributed by atoms with E-state index in [0.29, 0.717) is 12.2 Å². The number of halogens is 1. The van der Waals surface area contributed by atoms with Crippen LogP contribution in [0.5, 0.6) is 5.75 Å². The molecule has 1 aliphatic rings. The second-order valence-corrected chi connectivity index (χ2v) is 8.62. The number of hydrogen-bond donors (Lipinski definition) is 1. The quantitative estimate of drug-likeness (QED) is 0.407. The molecular weight excluding hydrogens is 470 g/mol. The standard InChI is InChI=1S/C24H22BrN5O2/c1-32-19-8-6-16(7-9-19)21-20-22(28-27-21)24(31)30(12-3-11-29-13-10-26-15-29)23(20)17-4-2-5-18(25)14-17/h2,4-10,13-15,23H,3,11-12H2,1H3,(H,27,28). The summed E-state index contributed by atoms with van der Waals surface area (Å²) in [5.74, 6) is 0.754. The van der Waals surface area contributed by atoms with E-state index in [1.807, 2.05) is 52.1 Å². The number of aromatic nitrogens is 4. The van der Waals surface area contributed by atoms with Crippen LogP contribution in [0.3, 0.4) is 0 Å². The molecule has 1 N–H and O–H groups in total. The van der Waals surface area contributed by atoms with Crippen molar-refractivity contribution in [3.63, 3.8) is 0 Å². The SMILES string of the molecule is COc1ccc(-c2n[nH]c3c2C(c2cccc(Br)c2)N(CCCn2ccnc2)C3=O)cc1. The van der Waals surface area contributed by atoms with Crippen LogP contribution in [-0.4, -0.2) is 44.2 Å². The number of imidazole rings is 1. The van der Waals surface area contributed by atoms with Crippen LogP contribution in [0.25, 0.3) is 11.3 Å². The van der Waals surface area contributed by atoms with E-state index in [-0.39, 0.29) is 11.9 Å². The number of H-pyrrole nitrogens is 1. The predicted molar refractivity (Wildman–Crippen MR) is 124 cm³/mol. The van der Waals surface area contributed by atoms with Gasteiger partial charge in [0, 0.05) is 41.1 Å². The minimum Gasteiger partial charge on any atom is -0.497 e. The number of ether oxygens (including phenoxy) is 1. The molecule has 0 fully saturated rings. The van der Waals surface area contributed by atoms with Crippen LogP contribution in [0.2, 0.25) is 0 Å². The fourth-order valence-electron chi connectivity index (χ4n) is 4.26. The van der Waals surface area contributed by atoms with Crippen LogP contribution in [0.4, 0.5) is 0 Å². The Bertz CT molecular complexity index is 1230. The van der Waals surface area contributed by atoms with Crippen molar-refractivity contribution in [2.45, 2.75) is 19.0 Å². The third-order valence-corrected chi connectivity index (χ3v) is 6.26. The van der Waals surface area contributed by atoms with Gasteiger partial charge < -0.3 is 14.2 Å². The number of carbonyl (C=O) groups excluding carboxylic acids is 1. The number of benzene rings is 2. The summed E-state index contributed by atoms with van der Waals surface area (Å²) in [6, 6.07) is 15.7. The Hall–Kier alpha value is -3.39. The molecule has 1 aliphatic heterocycles. The first-order valence-electron chi connectivity index (χ1n) is 10.4. The first kappa shape index (κ1) is 20.5. The first-order valence-corrected chi connectivity index (χ1v) is 11.2. The molecule has 7 nitrogen and oxygen atoms in total. The van der Waals surface area contributed by atoms with Crippen molar-refractivity contribution in [1.29, 1.82) is 0 Å². The third kappa shape index (κ3) is 3.71. The molecule has 0 bridgehead atoms. The first-order chi connectivity index (χ1) is 15.7. The molecule has 1 atom stereocenters. The van der Waals surface area contributed by atoms with Gasteiger partial charge in [0.05, 0.1) is 25.2 Å².